The van der Waals surface area contributed by atoms with Gasteiger partial charge in [0, 0.05) is 37.8 Å². The molecule has 1 aliphatic heterocycles. The van der Waals surface area contributed by atoms with Gasteiger partial charge in [0.25, 0.3) is 5.91 Å². The SMILES string of the molecule is O=C(c1ccc(F)cc1)N(C[C@H]1CN(Cc2ccc(F)cc2)CCO1)C1CCCC1. The number of hydrogen-bond donors (Lipinski definition) is 0. The van der Waals surface area contributed by atoms with Crippen LogP contribution in [-0.2, 0) is 11.3 Å². The minimum Gasteiger partial charge on any atom is -0.374 e. The first kappa shape index (κ1) is 20.9. The van der Waals surface area contributed by atoms with Gasteiger partial charge in [-0.05, 0) is 54.8 Å². The molecule has 1 atom stereocenters. The Morgan fingerprint density at radius 2 is 1.63 bits per heavy atom. The Balaban J connectivity index is 1.43. The molecule has 2 aromatic carbocycles. The first-order valence-electron chi connectivity index (χ1n) is 10.7. The first-order chi connectivity index (χ1) is 14.6. The van der Waals surface area contributed by atoms with Crippen LogP contribution in [-0.4, -0.2) is 54.1 Å². The van der Waals surface area contributed by atoms with Crippen molar-refractivity contribution in [1.29, 1.82) is 0 Å². The summed E-state index contributed by atoms with van der Waals surface area (Å²) in [7, 11) is 0. The number of carbonyl (C=O) groups excluding carboxylic acids is 1. The van der Waals surface area contributed by atoms with Crippen LogP contribution in [0.15, 0.2) is 48.5 Å². The van der Waals surface area contributed by atoms with Crippen LogP contribution in [0.3, 0.4) is 0 Å². The van der Waals surface area contributed by atoms with E-state index < -0.39 is 0 Å². The summed E-state index contributed by atoms with van der Waals surface area (Å²) in [6.07, 6.45) is 4.17. The Bertz CT molecular complexity index is 835. The summed E-state index contributed by atoms with van der Waals surface area (Å²) in [5.41, 5.74) is 1.58. The molecule has 0 unspecified atom stereocenters. The van der Waals surface area contributed by atoms with Crippen LogP contribution in [0.2, 0.25) is 0 Å². The topological polar surface area (TPSA) is 32.8 Å². The summed E-state index contributed by atoms with van der Waals surface area (Å²) >= 11 is 0. The van der Waals surface area contributed by atoms with Gasteiger partial charge in [-0.15, -0.1) is 0 Å². The maximum Gasteiger partial charge on any atom is 0.254 e. The molecule has 1 saturated carbocycles. The zero-order chi connectivity index (χ0) is 20.9. The predicted octanol–water partition coefficient (Wildman–Crippen LogP) is 4.25. The Labute approximate surface area is 176 Å². The van der Waals surface area contributed by atoms with Crippen LogP contribution in [0.5, 0.6) is 0 Å². The molecule has 4 nitrogen and oxygen atoms in total. The van der Waals surface area contributed by atoms with E-state index in [1.807, 2.05) is 17.0 Å². The number of morpholine rings is 1. The number of rotatable bonds is 6. The molecule has 1 amide bonds. The van der Waals surface area contributed by atoms with Gasteiger partial charge in [-0.25, -0.2) is 8.78 Å². The van der Waals surface area contributed by atoms with E-state index in [2.05, 4.69) is 4.90 Å². The molecule has 30 heavy (non-hydrogen) atoms. The highest BCUT2D eigenvalue weighted by Crippen LogP contribution is 2.26. The smallest absolute Gasteiger partial charge is 0.254 e. The number of carbonyl (C=O) groups is 1. The normalized spacial score (nSPS) is 20.4. The van der Waals surface area contributed by atoms with Gasteiger partial charge in [0.2, 0.25) is 0 Å². The van der Waals surface area contributed by atoms with Crippen molar-refractivity contribution < 1.29 is 18.3 Å². The van der Waals surface area contributed by atoms with Crippen molar-refractivity contribution in [3.05, 3.63) is 71.3 Å². The van der Waals surface area contributed by atoms with E-state index in [0.717, 1.165) is 50.9 Å². The van der Waals surface area contributed by atoms with Crippen LogP contribution in [0.25, 0.3) is 0 Å². The van der Waals surface area contributed by atoms with Crippen LogP contribution in [0.4, 0.5) is 8.78 Å². The van der Waals surface area contributed by atoms with Crippen LogP contribution in [0, 0.1) is 11.6 Å². The quantitative estimate of drug-likeness (QED) is 0.709. The van der Waals surface area contributed by atoms with Gasteiger partial charge < -0.3 is 9.64 Å². The van der Waals surface area contributed by atoms with Crippen LogP contribution >= 0.6 is 0 Å². The molecule has 0 aromatic heterocycles. The number of nitrogens with zero attached hydrogens (tertiary/aromatic N) is 2. The lowest BCUT2D eigenvalue weighted by Crippen LogP contribution is -2.50. The highest BCUT2D eigenvalue weighted by Gasteiger charge is 2.31. The molecule has 0 radical (unpaired) electrons. The fourth-order valence-corrected chi connectivity index (χ4v) is 4.47. The molecule has 0 bridgehead atoms. The Hall–Kier alpha value is -2.31. The third kappa shape index (κ3) is 5.24. The van der Waals surface area contributed by atoms with Crippen molar-refractivity contribution in [2.75, 3.05) is 26.2 Å². The molecule has 2 fully saturated rings. The summed E-state index contributed by atoms with van der Waals surface area (Å²) in [6.45, 7) is 3.39. The second-order valence-electron chi connectivity index (χ2n) is 8.26. The zero-order valence-corrected chi connectivity index (χ0v) is 17.1. The van der Waals surface area contributed by atoms with Gasteiger partial charge in [-0.3, -0.25) is 9.69 Å². The van der Waals surface area contributed by atoms with E-state index in [-0.39, 0.29) is 29.7 Å². The molecule has 160 valence electrons. The molecule has 2 aliphatic rings. The molecule has 6 heteroatoms. The van der Waals surface area contributed by atoms with Crippen molar-refractivity contribution in [1.82, 2.24) is 9.80 Å². The van der Waals surface area contributed by atoms with Crippen molar-refractivity contribution >= 4 is 5.91 Å². The average molecular weight is 414 g/mol. The maximum atomic E-state index is 13.3. The highest BCUT2D eigenvalue weighted by molar-refractivity contribution is 5.94. The molecule has 4 rings (SSSR count). The molecule has 0 N–H and O–H groups in total. The second-order valence-corrected chi connectivity index (χ2v) is 8.26. The van der Waals surface area contributed by atoms with Crippen LogP contribution < -0.4 is 0 Å². The summed E-state index contributed by atoms with van der Waals surface area (Å²) in [6, 6.07) is 12.6. The van der Waals surface area contributed by atoms with Gasteiger partial charge in [0.05, 0.1) is 12.7 Å². The van der Waals surface area contributed by atoms with E-state index >= 15 is 0 Å². The molecule has 2 aromatic rings. The highest BCUT2D eigenvalue weighted by atomic mass is 19.1. The van der Waals surface area contributed by atoms with Crippen LogP contribution in [0.1, 0.15) is 41.6 Å². The zero-order valence-electron chi connectivity index (χ0n) is 17.1. The monoisotopic (exact) mass is 414 g/mol. The maximum absolute atomic E-state index is 13.3. The predicted molar refractivity (Wildman–Crippen MR) is 111 cm³/mol. The fraction of sp³-hybridized carbons (Fsp3) is 0.458. The largest absolute Gasteiger partial charge is 0.374 e. The van der Waals surface area contributed by atoms with Gasteiger partial charge >= 0.3 is 0 Å². The lowest BCUT2D eigenvalue weighted by Gasteiger charge is -2.38. The van der Waals surface area contributed by atoms with Gasteiger partial charge in [0.1, 0.15) is 11.6 Å². The summed E-state index contributed by atoms with van der Waals surface area (Å²) in [5.74, 6) is -0.628. The summed E-state index contributed by atoms with van der Waals surface area (Å²) in [4.78, 5) is 17.4. The lowest BCUT2D eigenvalue weighted by molar-refractivity contribution is -0.0468. The molecule has 1 heterocycles. The standard InChI is InChI=1S/C24H28F2N2O2/c25-20-9-5-18(6-10-20)15-27-13-14-30-23(16-27)17-28(22-3-1-2-4-22)24(29)19-7-11-21(26)12-8-19/h5-12,22-23H,1-4,13-17H2/t23-/m1/s1. The molecular formula is C24H28F2N2O2. The average Bonchev–Trinajstić information content (AvgIpc) is 3.29. The van der Waals surface area contributed by atoms with E-state index in [9.17, 15) is 13.6 Å². The number of hydrogen-bond acceptors (Lipinski definition) is 3. The van der Waals surface area contributed by atoms with E-state index in [4.69, 9.17) is 4.74 Å². The van der Waals surface area contributed by atoms with Crippen molar-refractivity contribution in [2.45, 2.75) is 44.4 Å². The number of amides is 1. The number of halogens is 2. The van der Waals surface area contributed by atoms with Gasteiger partial charge in [0.15, 0.2) is 0 Å². The molecule has 1 aliphatic carbocycles. The van der Waals surface area contributed by atoms with Gasteiger partial charge in [-0.2, -0.15) is 0 Å². The number of benzene rings is 2. The third-order valence-electron chi connectivity index (χ3n) is 6.06. The first-order valence-corrected chi connectivity index (χ1v) is 10.7. The molecule has 1 saturated heterocycles. The number of ether oxygens (including phenoxy) is 1. The molecular weight excluding hydrogens is 386 g/mol. The summed E-state index contributed by atoms with van der Waals surface area (Å²) < 4.78 is 32.5. The van der Waals surface area contributed by atoms with Crippen molar-refractivity contribution in [3.8, 4) is 0 Å². The third-order valence-corrected chi connectivity index (χ3v) is 6.06. The fourth-order valence-electron chi connectivity index (χ4n) is 4.47. The van der Waals surface area contributed by atoms with E-state index in [1.165, 1.54) is 24.3 Å². The van der Waals surface area contributed by atoms with E-state index in [0.29, 0.717) is 18.7 Å². The Kier molecular flexibility index (Phi) is 6.75. The lowest BCUT2D eigenvalue weighted by atomic mass is 10.1. The summed E-state index contributed by atoms with van der Waals surface area (Å²) in [5, 5.41) is 0. The Morgan fingerprint density at radius 3 is 2.30 bits per heavy atom. The van der Waals surface area contributed by atoms with E-state index in [1.54, 1.807) is 12.1 Å². The molecule has 0 spiro atoms. The van der Waals surface area contributed by atoms with Crippen molar-refractivity contribution in [2.24, 2.45) is 0 Å². The minimum absolute atomic E-state index is 0.0545. The minimum atomic E-state index is -0.342. The van der Waals surface area contributed by atoms with Gasteiger partial charge in [-0.1, -0.05) is 25.0 Å². The van der Waals surface area contributed by atoms with Crippen molar-refractivity contribution in [3.63, 3.8) is 0 Å². The second kappa shape index (κ2) is 9.67. The Morgan fingerprint density at radius 1 is 1.00 bits per heavy atom.